The molecule has 0 saturated carbocycles. The lowest BCUT2D eigenvalue weighted by molar-refractivity contribution is -0.139. The smallest absolute Gasteiger partial charge is 0.315 e. The van der Waals surface area contributed by atoms with Crippen molar-refractivity contribution in [1.29, 1.82) is 0 Å². The molecule has 0 bridgehead atoms. The second-order valence-electron chi connectivity index (χ2n) is 6.22. The number of piperidine rings is 1. The van der Waals surface area contributed by atoms with Crippen molar-refractivity contribution in [1.82, 2.24) is 4.90 Å². The predicted molar refractivity (Wildman–Crippen MR) is 98.0 cm³/mol. The maximum atomic E-state index is 12.5. The second-order valence-corrected chi connectivity index (χ2v) is 7.55. The van der Waals surface area contributed by atoms with Crippen LogP contribution in [0.15, 0.2) is 30.3 Å². The number of carbonyl (C=O) groups is 2. The number of hydrogen-bond acceptors (Lipinski definition) is 4. The van der Waals surface area contributed by atoms with Crippen LogP contribution in [0.3, 0.4) is 0 Å². The quantitative estimate of drug-likeness (QED) is 0.710. The summed E-state index contributed by atoms with van der Waals surface area (Å²) in [5, 5.41) is -0.194. The van der Waals surface area contributed by atoms with E-state index in [-0.39, 0.29) is 22.9 Å². The summed E-state index contributed by atoms with van der Waals surface area (Å²) >= 11 is 1.36. The summed E-state index contributed by atoms with van der Waals surface area (Å²) in [7, 11) is 0. The van der Waals surface area contributed by atoms with E-state index in [2.05, 4.69) is 24.3 Å². The number of amides is 1. The monoisotopic (exact) mass is 349 g/mol. The number of carbonyl (C=O) groups excluding carboxylic acids is 2. The van der Waals surface area contributed by atoms with Gasteiger partial charge in [0, 0.05) is 13.1 Å². The first-order valence-corrected chi connectivity index (χ1v) is 9.75. The maximum Gasteiger partial charge on any atom is 0.315 e. The number of esters is 1. The van der Waals surface area contributed by atoms with E-state index in [1.807, 2.05) is 17.9 Å². The molecule has 1 unspecified atom stereocenters. The summed E-state index contributed by atoms with van der Waals surface area (Å²) in [6.45, 7) is 5.69. The minimum absolute atomic E-state index is 0.141. The highest BCUT2D eigenvalue weighted by atomic mass is 32.2. The molecule has 1 aromatic rings. The number of likely N-dealkylation sites (tertiary alicyclic amines) is 1. The van der Waals surface area contributed by atoms with Gasteiger partial charge in [0.2, 0.25) is 5.91 Å². The van der Waals surface area contributed by atoms with Crippen LogP contribution in [0.4, 0.5) is 0 Å². The molecule has 24 heavy (non-hydrogen) atoms. The van der Waals surface area contributed by atoms with E-state index in [0.717, 1.165) is 32.4 Å². The molecule has 1 amide bonds. The molecule has 1 fully saturated rings. The van der Waals surface area contributed by atoms with Crippen LogP contribution in [-0.2, 0) is 20.7 Å². The van der Waals surface area contributed by atoms with Crippen molar-refractivity contribution in [3.8, 4) is 0 Å². The molecule has 1 aromatic carbocycles. The number of ether oxygens (including phenoxy) is 1. The number of nitrogens with zero attached hydrogens (tertiary/aromatic N) is 1. The van der Waals surface area contributed by atoms with E-state index < -0.39 is 0 Å². The second kappa shape index (κ2) is 9.72. The van der Waals surface area contributed by atoms with Crippen molar-refractivity contribution in [3.05, 3.63) is 35.9 Å². The average molecular weight is 349 g/mol. The Hall–Kier alpha value is -1.49. The first-order valence-electron chi connectivity index (χ1n) is 8.70. The topological polar surface area (TPSA) is 46.6 Å². The SMILES string of the molecule is CCOC(=O)CSC(C)C(=O)N1CCC(Cc2ccccc2)CC1. The Labute approximate surface area is 148 Å². The lowest BCUT2D eigenvalue weighted by atomic mass is 9.90. The fourth-order valence-corrected chi connectivity index (χ4v) is 3.79. The molecule has 2 rings (SSSR count). The highest BCUT2D eigenvalue weighted by molar-refractivity contribution is 8.01. The lowest BCUT2D eigenvalue weighted by Crippen LogP contribution is -2.42. The number of benzene rings is 1. The van der Waals surface area contributed by atoms with E-state index in [4.69, 9.17) is 4.74 Å². The molecule has 1 saturated heterocycles. The molecule has 1 atom stereocenters. The molecule has 0 radical (unpaired) electrons. The summed E-state index contributed by atoms with van der Waals surface area (Å²) in [5.74, 6) is 0.788. The van der Waals surface area contributed by atoms with Gasteiger partial charge >= 0.3 is 5.97 Å². The Morgan fingerprint density at radius 3 is 2.54 bits per heavy atom. The van der Waals surface area contributed by atoms with E-state index >= 15 is 0 Å². The third-order valence-electron chi connectivity index (χ3n) is 4.40. The maximum absolute atomic E-state index is 12.5. The van der Waals surface area contributed by atoms with E-state index in [0.29, 0.717) is 12.5 Å². The predicted octanol–water partition coefficient (Wildman–Crippen LogP) is 3.15. The number of rotatable bonds is 7. The molecule has 0 aromatic heterocycles. The summed E-state index contributed by atoms with van der Waals surface area (Å²) in [5.41, 5.74) is 1.38. The van der Waals surface area contributed by atoms with Gasteiger partial charge in [-0.05, 0) is 44.6 Å². The van der Waals surface area contributed by atoms with Gasteiger partial charge in [0.15, 0.2) is 0 Å². The van der Waals surface area contributed by atoms with Gasteiger partial charge < -0.3 is 9.64 Å². The normalized spacial score (nSPS) is 16.7. The molecular formula is C19H27NO3S. The van der Waals surface area contributed by atoms with Crippen LogP contribution in [0.25, 0.3) is 0 Å². The van der Waals surface area contributed by atoms with Crippen molar-refractivity contribution >= 4 is 23.6 Å². The molecule has 0 spiro atoms. The molecule has 0 N–H and O–H groups in total. The van der Waals surface area contributed by atoms with Gasteiger partial charge in [-0.1, -0.05) is 30.3 Å². The first kappa shape index (κ1) is 18.8. The minimum Gasteiger partial charge on any atom is -0.465 e. The Morgan fingerprint density at radius 2 is 1.92 bits per heavy atom. The fourth-order valence-electron chi connectivity index (χ4n) is 3.03. The van der Waals surface area contributed by atoms with Gasteiger partial charge in [-0.2, -0.15) is 0 Å². The first-order chi connectivity index (χ1) is 11.6. The van der Waals surface area contributed by atoms with Crippen LogP contribution < -0.4 is 0 Å². The Balaban J connectivity index is 1.72. The van der Waals surface area contributed by atoms with Crippen molar-refractivity contribution in [3.63, 3.8) is 0 Å². The Kier molecular flexibility index (Phi) is 7.63. The molecule has 1 aliphatic heterocycles. The van der Waals surface area contributed by atoms with Crippen LogP contribution >= 0.6 is 11.8 Å². The van der Waals surface area contributed by atoms with E-state index in [9.17, 15) is 9.59 Å². The molecule has 132 valence electrons. The van der Waals surface area contributed by atoms with Crippen molar-refractivity contribution < 1.29 is 14.3 Å². The average Bonchev–Trinajstić information content (AvgIpc) is 2.61. The zero-order chi connectivity index (χ0) is 17.4. The highest BCUT2D eigenvalue weighted by Crippen LogP contribution is 2.23. The van der Waals surface area contributed by atoms with Crippen molar-refractivity contribution in [2.24, 2.45) is 5.92 Å². The Morgan fingerprint density at radius 1 is 1.25 bits per heavy atom. The highest BCUT2D eigenvalue weighted by Gasteiger charge is 2.26. The third kappa shape index (κ3) is 5.86. The fraction of sp³-hybridized carbons (Fsp3) is 0.579. The van der Waals surface area contributed by atoms with Crippen LogP contribution in [0.5, 0.6) is 0 Å². The minimum atomic E-state index is -0.247. The third-order valence-corrected chi connectivity index (χ3v) is 5.50. The van der Waals surface area contributed by atoms with Crippen LogP contribution in [-0.4, -0.2) is 47.5 Å². The molecule has 1 heterocycles. The zero-order valence-electron chi connectivity index (χ0n) is 14.6. The Bertz CT molecular complexity index is 527. The van der Waals surface area contributed by atoms with Crippen LogP contribution in [0, 0.1) is 5.92 Å². The van der Waals surface area contributed by atoms with Gasteiger partial charge in [-0.25, -0.2) is 0 Å². The van der Waals surface area contributed by atoms with Gasteiger partial charge in [0.1, 0.15) is 0 Å². The molecule has 0 aliphatic carbocycles. The summed E-state index contributed by atoms with van der Waals surface area (Å²) < 4.78 is 4.90. The zero-order valence-corrected chi connectivity index (χ0v) is 15.4. The van der Waals surface area contributed by atoms with Gasteiger partial charge in [-0.15, -0.1) is 11.8 Å². The summed E-state index contributed by atoms with van der Waals surface area (Å²) in [4.78, 5) is 25.8. The van der Waals surface area contributed by atoms with E-state index in [1.54, 1.807) is 6.92 Å². The summed E-state index contributed by atoms with van der Waals surface area (Å²) in [6.07, 6.45) is 3.20. The van der Waals surface area contributed by atoms with Crippen LogP contribution in [0.2, 0.25) is 0 Å². The van der Waals surface area contributed by atoms with Crippen LogP contribution in [0.1, 0.15) is 32.3 Å². The van der Waals surface area contributed by atoms with Gasteiger partial charge in [0.05, 0.1) is 17.6 Å². The number of hydrogen-bond donors (Lipinski definition) is 0. The van der Waals surface area contributed by atoms with Gasteiger partial charge in [-0.3, -0.25) is 9.59 Å². The van der Waals surface area contributed by atoms with Gasteiger partial charge in [0.25, 0.3) is 0 Å². The standard InChI is InChI=1S/C19H27NO3S/c1-3-23-18(21)14-24-15(2)19(22)20-11-9-17(10-12-20)13-16-7-5-4-6-8-16/h4-8,15,17H,3,9-14H2,1-2H3. The molecular weight excluding hydrogens is 322 g/mol. The summed E-state index contributed by atoms with van der Waals surface area (Å²) in [6, 6.07) is 10.5. The lowest BCUT2D eigenvalue weighted by Gasteiger charge is -2.33. The molecule has 5 heteroatoms. The van der Waals surface area contributed by atoms with Crippen molar-refractivity contribution in [2.75, 3.05) is 25.4 Å². The molecule has 4 nitrogen and oxygen atoms in total. The largest absolute Gasteiger partial charge is 0.465 e. The number of thioether (sulfide) groups is 1. The van der Waals surface area contributed by atoms with Crippen molar-refractivity contribution in [2.45, 2.75) is 38.4 Å². The molecule has 1 aliphatic rings. The van der Waals surface area contributed by atoms with E-state index in [1.165, 1.54) is 17.3 Å².